The fourth-order valence-electron chi connectivity index (χ4n) is 14.3. The third-order valence-corrected chi connectivity index (χ3v) is 23.3. The van der Waals surface area contributed by atoms with Gasteiger partial charge in [-0.25, -0.2) is 9.13 Å². The van der Waals surface area contributed by atoms with E-state index in [2.05, 4.69) is 48.5 Å². The van der Waals surface area contributed by atoms with Gasteiger partial charge in [0, 0.05) is 25.7 Å². The van der Waals surface area contributed by atoms with Crippen LogP contribution < -0.4 is 0 Å². The van der Waals surface area contributed by atoms with Gasteiger partial charge in [-0.3, -0.25) is 37.3 Å². The molecule has 0 amide bonds. The molecule has 0 spiro atoms. The van der Waals surface area contributed by atoms with Gasteiger partial charge in [-0.15, -0.1) is 0 Å². The van der Waals surface area contributed by atoms with E-state index in [9.17, 15) is 43.2 Å². The summed E-state index contributed by atoms with van der Waals surface area (Å²) in [4.78, 5) is 73.4. The van der Waals surface area contributed by atoms with Crippen molar-refractivity contribution in [2.45, 2.75) is 503 Å². The second-order valence-corrected chi connectivity index (χ2v) is 37.0. The zero-order valence-corrected chi connectivity index (χ0v) is 74.5. The minimum absolute atomic E-state index is 0.108. The van der Waals surface area contributed by atoms with Crippen LogP contribution in [0.3, 0.4) is 0 Å². The largest absolute Gasteiger partial charge is 0.472 e. The summed E-state index contributed by atoms with van der Waals surface area (Å²) < 4.78 is 69.1. The first-order valence-electron chi connectivity index (χ1n) is 46.8. The number of hydrogen-bond donors (Lipinski definition) is 3. The smallest absolute Gasteiger partial charge is 0.462 e. The van der Waals surface area contributed by atoms with E-state index in [1.54, 1.807) is 0 Å². The minimum Gasteiger partial charge on any atom is -0.462 e. The summed E-state index contributed by atoms with van der Waals surface area (Å²) in [6.45, 7) is 12.1. The predicted molar refractivity (Wildman–Crippen MR) is 455 cm³/mol. The lowest BCUT2D eigenvalue weighted by Crippen LogP contribution is -2.30. The lowest BCUT2D eigenvalue weighted by atomic mass is 10.0. The summed E-state index contributed by atoms with van der Waals surface area (Å²) in [7, 11) is -9.94. The van der Waals surface area contributed by atoms with Gasteiger partial charge in [0.1, 0.15) is 19.3 Å². The van der Waals surface area contributed by atoms with Crippen LogP contribution in [-0.4, -0.2) is 96.7 Å². The van der Waals surface area contributed by atoms with Crippen molar-refractivity contribution in [1.82, 2.24) is 0 Å². The van der Waals surface area contributed by atoms with Crippen molar-refractivity contribution in [3.63, 3.8) is 0 Å². The molecule has 0 aliphatic carbocycles. The maximum Gasteiger partial charge on any atom is 0.472 e. The molecule has 19 heteroatoms. The summed E-state index contributed by atoms with van der Waals surface area (Å²) in [5.41, 5.74) is 0. The Morgan fingerprint density at radius 1 is 0.245 bits per heavy atom. The molecule has 0 bridgehead atoms. The van der Waals surface area contributed by atoms with Gasteiger partial charge in [0.15, 0.2) is 12.2 Å². The maximum atomic E-state index is 13.2. The number of carbonyl (C=O) groups excluding carboxylic acids is 4. The number of phosphoric acid groups is 2. The van der Waals surface area contributed by atoms with Gasteiger partial charge < -0.3 is 33.8 Å². The van der Waals surface area contributed by atoms with Crippen LogP contribution in [0.25, 0.3) is 0 Å². The van der Waals surface area contributed by atoms with E-state index in [0.717, 1.165) is 108 Å². The number of hydrogen-bond acceptors (Lipinski definition) is 15. The van der Waals surface area contributed by atoms with Crippen molar-refractivity contribution in [2.75, 3.05) is 39.6 Å². The van der Waals surface area contributed by atoms with Crippen LogP contribution in [0.15, 0.2) is 0 Å². The summed E-state index contributed by atoms with van der Waals surface area (Å²) in [5.74, 6) is 0.345. The number of phosphoric ester groups is 2. The minimum atomic E-state index is -4.97. The van der Waals surface area contributed by atoms with E-state index >= 15 is 0 Å². The molecule has 110 heavy (non-hydrogen) atoms. The van der Waals surface area contributed by atoms with Crippen LogP contribution in [0, 0.1) is 17.8 Å². The number of aliphatic hydroxyl groups is 1. The average Bonchev–Trinajstić information content (AvgIpc) is 0.899. The number of esters is 4. The monoisotopic (exact) mass is 1610 g/mol. The molecule has 0 rings (SSSR count). The number of rotatable bonds is 89. The van der Waals surface area contributed by atoms with Gasteiger partial charge in [-0.05, 0) is 43.4 Å². The molecule has 0 fully saturated rings. The molecule has 0 saturated carbocycles. The molecule has 0 aromatic heterocycles. The third-order valence-electron chi connectivity index (χ3n) is 21.4. The van der Waals surface area contributed by atoms with Crippen LogP contribution in [0.2, 0.25) is 0 Å². The molecular weight excluding hydrogens is 1430 g/mol. The first-order chi connectivity index (χ1) is 53.2. The van der Waals surface area contributed by atoms with Crippen molar-refractivity contribution in [3.05, 3.63) is 0 Å². The number of aliphatic hydroxyl groups excluding tert-OH is 1. The van der Waals surface area contributed by atoms with Crippen molar-refractivity contribution < 1.29 is 80.2 Å². The highest BCUT2D eigenvalue weighted by Crippen LogP contribution is 2.45. The zero-order valence-electron chi connectivity index (χ0n) is 72.7. The van der Waals surface area contributed by atoms with Gasteiger partial charge in [0.25, 0.3) is 0 Å². The van der Waals surface area contributed by atoms with Gasteiger partial charge >= 0.3 is 39.5 Å². The zero-order chi connectivity index (χ0) is 80.8. The van der Waals surface area contributed by atoms with Crippen LogP contribution in [0.4, 0.5) is 0 Å². The van der Waals surface area contributed by atoms with E-state index in [0.29, 0.717) is 25.7 Å². The Bertz CT molecular complexity index is 2110. The Kier molecular flexibility index (Phi) is 79.4. The molecule has 654 valence electrons. The summed E-state index contributed by atoms with van der Waals surface area (Å²) >= 11 is 0. The SMILES string of the molecule is CCCCCCCCCCCCCC(=O)OC[C@H](COP(=O)(O)OC[C@H](O)COP(=O)(O)OC[C@@H](COC(=O)CCCCCCCCCCCCCCCCCCC(C)C)OC(=O)CCCCCCCCCCCCCCCCCCCCC(C)C)OC(=O)CCCCCCCCCCCCCCCCCCC(C)C. The molecule has 2 unspecified atom stereocenters. The highest BCUT2D eigenvalue weighted by atomic mass is 31.2. The molecule has 3 N–H and O–H groups in total. The number of ether oxygens (including phenoxy) is 4. The summed E-state index contributed by atoms with van der Waals surface area (Å²) in [5, 5.41) is 10.7. The standard InChI is InChI=1S/C91H178O17P2/c1-8-9-10-11-12-13-34-44-51-58-65-72-88(93)101-78-86(107-90(95)75-68-61-54-47-40-33-27-21-19-24-30-37-43-50-57-64-71-84(6)7)80-105-109(97,98)103-76-85(92)77-104-110(99,100)106-81-87(79-102-89(94)73-66-59-52-45-38-31-25-20-18-23-29-36-42-49-56-63-70-83(4)5)108-91(96)74-67-60-53-46-39-32-26-17-15-14-16-22-28-35-41-48-55-62-69-82(2)3/h82-87,92H,8-81H2,1-7H3,(H,97,98)(H,99,100)/t85-,86+,87+/m0/s1. The Morgan fingerprint density at radius 2 is 0.418 bits per heavy atom. The lowest BCUT2D eigenvalue weighted by Gasteiger charge is -2.21. The fourth-order valence-corrected chi connectivity index (χ4v) is 15.8. The molecule has 0 heterocycles. The molecule has 0 radical (unpaired) electrons. The normalized spacial score (nSPS) is 13.8. The van der Waals surface area contributed by atoms with Crippen LogP contribution in [0.5, 0.6) is 0 Å². The molecular formula is C91H178O17P2. The van der Waals surface area contributed by atoms with Gasteiger partial charge in [0.05, 0.1) is 26.4 Å². The maximum absolute atomic E-state index is 13.2. The second-order valence-electron chi connectivity index (χ2n) is 34.1. The van der Waals surface area contributed by atoms with Crippen molar-refractivity contribution in [3.8, 4) is 0 Å². The topological polar surface area (TPSA) is 237 Å². The van der Waals surface area contributed by atoms with Crippen LogP contribution in [-0.2, 0) is 65.4 Å². The van der Waals surface area contributed by atoms with E-state index < -0.39 is 97.5 Å². The molecule has 5 atom stereocenters. The Hall–Kier alpha value is -1.94. The highest BCUT2D eigenvalue weighted by molar-refractivity contribution is 7.47. The van der Waals surface area contributed by atoms with Crippen LogP contribution in [0.1, 0.15) is 485 Å². The first kappa shape index (κ1) is 108. The molecule has 0 saturated heterocycles. The van der Waals surface area contributed by atoms with Crippen molar-refractivity contribution in [1.29, 1.82) is 0 Å². The fraction of sp³-hybridized carbons (Fsp3) is 0.956. The van der Waals surface area contributed by atoms with Crippen molar-refractivity contribution >= 4 is 39.5 Å². The highest BCUT2D eigenvalue weighted by Gasteiger charge is 2.31. The van der Waals surface area contributed by atoms with E-state index in [4.69, 9.17) is 37.0 Å². The van der Waals surface area contributed by atoms with E-state index in [1.807, 2.05) is 0 Å². The van der Waals surface area contributed by atoms with E-state index in [1.165, 1.54) is 295 Å². The number of unbranched alkanes of at least 4 members (excludes halogenated alkanes) is 57. The second kappa shape index (κ2) is 80.8. The molecule has 0 aromatic rings. The summed E-state index contributed by atoms with van der Waals surface area (Å²) in [6, 6.07) is 0. The molecule has 0 aromatic carbocycles. The quantitative estimate of drug-likeness (QED) is 0.0222. The number of carbonyl (C=O) groups is 4. The average molecular weight is 1610 g/mol. The van der Waals surface area contributed by atoms with Gasteiger partial charge in [0.2, 0.25) is 0 Å². The molecule has 17 nitrogen and oxygen atoms in total. The Morgan fingerprint density at radius 3 is 0.618 bits per heavy atom. The molecule has 0 aliphatic heterocycles. The molecule has 0 aliphatic rings. The Labute approximate surface area is 677 Å². The Balaban J connectivity index is 5.23. The first-order valence-corrected chi connectivity index (χ1v) is 49.8. The lowest BCUT2D eigenvalue weighted by molar-refractivity contribution is -0.161. The van der Waals surface area contributed by atoms with Crippen molar-refractivity contribution in [2.24, 2.45) is 17.8 Å². The van der Waals surface area contributed by atoms with Gasteiger partial charge in [-0.1, -0.05) is 434 Å². The van der Waals surface area contributed by atoms with E-state index in [-0.39, 0.29) is 25.7 Å². The predicted octanol–water partition coefficient (Wildman–Crippen LogP) is 28.0. The van der Waals surface area contributed by atoms with Crippen LogP contribution >= 0.6 is 15.6 Å². The van der Waals surface area contributed by atoms with Gasteiger partial charge in [-0.2, -0.15) is 0 Å². The summed E-state index contributed by atoms with van der Waals surface area (Å²) in [6.07, 6.45) is 73.6. The third kappa shape index (κ3) is 84.0.